The molecule has 0 N–H and O–H groups in total. The minimum atomic E-state index is -0.150. The third-order valence-electron chi connectivity index (χ3n) is 5.99. The van der Waals surface area contributed by atoms with Crippen molar-refractivity contribution < 1.29 is 4.39 Å². The maximum atomic E-state index is 13.0. The molecule has 6 rings (SSSR count). The lowest BCUT2D eigenvalue weighted by atomic mass is 9.86. The molecule has 5 aromatic carbocycles. The summed E-state index contributed by atoms with van der Waals surface area (Å²) in [6.07, 6.45) is 5.22. The first kappa shape index (κ1) is 17.9. The molecule has 0 saturated heterocycles. The molecule has 0 amide bonds. The number of rotatable bonds is 0. The molecule has 0 spiro atoms. The standard InChI is InChI=1S/C18H16.C10H7F/c1-3-7-15-13(5-1)9-11-18-16-8-4-2-6-14(16)10-12-17(15)18;11-10-7-3-5-8-4-1-2-6-9(8)10/h1,3,5,7,9-12H,2,4,6,8H2;1-7H. The molecule has 0 unspecified atom stereocenters. The lowest BCUT2D eigenvalue weighted by Crippen LogP contribution is -2.02. The Bertz CT molecular complexity index is 1310. The van der Waals surface area contributed by atoms with Crippen LogP contribution in [0.1, 0.15) is 24.0 Å². The number of benzene rings is 5. The zero-order valence-corrected chi connectivity index (χ0v) is 16.4. The molecule has 142 valence electrons. The van der Waals surface area contributed by atoms with Crippen LogP contribution in [0.3, 0.4) is 0 Å². The second kappa shape index (κ2) is 7.67. The van der Waals surface area contributed by atoms with Gasteiger partial charge in [0.2, 0.25) is 0 Å². The molecular weight excluding hydrogens is 355 g/mol. The Balaban J connectivity index is 0.000000142. The SMILES string of the molecule is Fc1cccc2ccccc12.c1ccc2c(c1)ccc1c3c(ccc12)CCCC3. The van der Waals surface area contributed by atoms with Crippen molar-refractivity contribution in [2.45, 2.75) is 25.7 Å². The Morgan fingerprint density at radius 3 is 1.97 bits per heavy atom. The van der Waals surface area contributed by atoms with Gasteiger partial charge in [0.15, 0.2) is 0 Å². The highest BCUT2D eigenvalue weighted by molar-refractivity contribution is 6.08. The second-order valence-electron chi connectivity index (χ2n) is 7.75. The number of halogens is 1. The van der Waals surface area contributed by atoms with E-state index in [0.717, 1.165) is 5.39 Å². The fourth-order valence-corrected chi connectivity index (χ4v) is 4.53. The van der Waals surface area contributed by atoms with Gasteiger partial charge in [0.05, 0.1) is 0 Å². The van der Waals surface area contributed by atoms with Gasteiger partial charge in [-0.15, -0.1) is 0 Å². The molecule has 29 heavy (non-hydrogen) atoms. The minimum absolute atomic E-state index is 0.150. The summed E-state index contributed by atoms with van der Waals surface area (Å²) in [5.41, 5.74) is 3.17. The van der Waals surface area contributed by atoms with Crippen LogP contribution in [-0.4, -0.2) is 0 Å². The van der Waals surface area contributed by atoms with Crippen LogP contribution >= 0.6 is 0 Å². The summed E-state index contributed by atoms with van der Waals surface area (Å²) < 4.78 is 13.0. The van der Waals surface area contributed by atoms with Crippen LogP contribution in [0.2, 0.25) is 0 Å². The van der Waals surface area contributed by atoms with Crippen molar-refractivity contribution in [1.29, 1.82) is 0 Å². The van der Waals surface area contributed by atoms with Crippen molar-refractivity contribution in [3.8, 4) is 0 Å². The Morgan fingerprint density at radius 1 is 0.483 bits per heavy atom. The highest BCUT2D eigenvalue weighted by atomic mass is 19.1. The van der Waals surface area contributed by atoms with Gasteiger partial charge in [-0.3, -0.25) is 0 Å². The highest BCUT2D eigenvalue weighted by Crippen LogP contribution is 2.33. The van der Waals surface area contributed by atoms with Crippen molar-refractivity contribution in [2.75, 3.05) is 0 Å². The largest absolute Gasteiger partial charge is 0.206 e. The van der Waals surface area contributed by atoms with E-state index in [9.17, 15) is 4.39 Å². The van der Waals surface area contributed by atoms with Crippen LogP contribution < -0.4 is 0 Å². The van der Waals surface area contributed by atoms with Gasteiger partial charge in [0.1, 0.15) is 5.82 Å². The van der Waals surface area contributed by atoms with Crippen LogP contribution in [0.15, 0.2) is 91.0 Å². The molecule has 0 fully saturated rings. The fraction of sp³-hybridized carbons (Fsp3) is 0.143. The number of hydrogen-bond acceptors (Lipinski definition) is 0. The lowest BCUT2D eigenvalue weighted by Gasteiger charge is -2.18. The van der Waals surface area contributed by atoms with E-state index in [1.165, 1.54) is 53.3 Å². The van der Waals surface area contributed by atoms with E-state index < -0.39 is 0 Å². The summed E-state index contributed by atoms with van der Waals surface area (Å²) in [5.74, 6) is -0.150. The van der Waals surface area contributed by atoms with Gasteiger partial charge >= 0.3 is 0 Å². The topological polar surface area (TPSA) is 0 Å². The Morgan fingerprint density at radius 2 is 1.14 bits per heavy atom. The average molecular weight is 378 g/mol. The number of hydrogen-bond donors (Lipinski definition) is 0. The van der Waals surface area contributed by atoms with Crippen LogP contribution in [0, 0.1) is 5.82 Å². The lowest BCUT2D eigenvalue weighted by molar-refractivity contribution is 0.640. The monoisotopic (exact) mass is 378 g/mol. The maximum Gasteiger partial charge on any atom is 0.131 e. The molecular formula is C28H23F. The molecule has 0 aromatic heterocycles. The van der Waals surface area contributed by atoms with Crippen molar-refractivity contribution in [2.24, 2.45) is 0 Å². The third-order valence-corrected chi connectivity index (χ3v) is 5.99. The molecule has 0 nitrogen and oxygen atoms in total. The van der Waals surface area contributed by atoms with E-state index in [4.69, 9.17) is 0 Å². The van der Waals surface area contributed by atoms with E-state index in [1.54, 1.807) is 23.3 Å². The molecule has 1 aliphatic rings. The van der Waals surface area contributed by atoms with Gasteiger partial charge in [0.25, 0.3) is 0 Å². The van der Waals surface area contributed by atoms with E-state index in [2.05, 4.69) is 48.5 Å². The van der Waals surface area contributed by atoms with Crippen molar-refractivity contribution >= 4 is 32.3 Å². The number of aryl methyl sites for hydroxylation is 2. The molecule has 0 bridgehead atoms. The predicted octanol–water partition coefficient (Wildman–Crippen LogP) is 7.85. The summed E-state index contributed by atoms with van der Waals surface area (Å²) in [4.78, 5) is 0. The van der Waals surface area contributed by atoms with Crippen molar-refractivity contribution in [3.05, 3.63) is 108 Å². The Labute approximate surface area is 170 Å². The first-order valence-corrected chi connectivity index (χ1v) is 10.4. The molecule has 0 aliphatic heterocycles. The second-order valence-corrected chi connectivity index (χ2v) is 7.75. The molecule has 1 aliphatic carbocycles. The first-order valence-electron chi connectivity index (χ1n) is 10.4. The number of fused-ring (bicyclic) bond motifs is 6. The van der Waals surface area contributed by atoms with Crippen LogP contribution in [-0.2, 0) is 12.8 Å². The van der Waals surface area contributed by atoms with Gasteiger partial charge in [0, 0.05) is 5.39 Å². The van der Waals surface area contributed by atoms with E-state index in [0.29, 0.717) is 5.39 Å². The third kappa shape index (κ3) is 3.38. The van der Waals surface area contributed by atoms with Gasteiger partial charge in [-0.05, 0) is 69.8 Å². The molecule has 0 heterocycles. The summed E-state index contributed by atoms with van der Waals surface area (Å²) in [7, 11) is 0. The molecule has 0 atom stereocenters. The van der Waals surface area contributed by atoms with E-state index >= 15 is 0 Å². The van der Waals surface area contributed by atoms with Gasteiger partial charge in [-0.25, -0.2) is 4.39 Å². The zero-order valence-electron chi connectivity index (χ0n) is 16.4. The van der Waals surface area contributed by atoms with Gasteiger partial charge in [-0.1, -0.05) is 84.9 Å². The molecule has 5 aromatic rings. The van der Waals surface area contributed by atoms with Crippen molar-refractivity contribution in [1.82, 2.24) is 0 Å². The van der Waals surface area contributed by atoms with Gasteiger partial charge < -0.3 is 0 Å². The van der Waals surface area contributed by atoms with E-state index in [-0.39, 0.29) is 5.82 Å². The smallest absolute Gasteiger partial charge is 0.131 e. The molecule has 0 saturated carbocycles. The summed E-state index contributed by atoms with van der Waals surface area (Å²) >= 11 is 0. The van der Waals surface area contributed by atoms with E-state index in [1.807, 2.05) is 24.3 Å². The Kier molecular flexibility index (Phi) is 4.73. The quantitative estimate of drug-likeness (QED) is 0.241. The molecule has 1 heteroatoms. The summed E-state index contributed by atoms with van der Waals surface area (Å²) in [6, 6.07) is 30.5. The average Bonchev–Trinajstić information content (AvgIpc) is 2.79. The molecule has 0 radical (unpaired) electrons. The predicted molar refractivity (Wildman–Crippen MR) is 122 cm³/mol. The van der Waals surface area contributed by atoms with Crippen LogP contribution in [0.25, 0.3) is 32.3 Å². The van der Waals surface area contributed by atoms with Crippen LogP contribution in [0.5, 0.6) is 0 Å². The minimum Gasteiger partial charge on any atom is -0.206 e. The van der Waals surface area contributed by atoms with Gasteiger partial charge in [-0.2, -0.15) is 0 Å². The van der Waals surface area contributed by atoms with Crippen LogP contribution in [0.4, 0.5) is 4.39 Å². The highest BCUT2D eigenvalue weighted by Gasteiger charge is 2.13. The fourth-order valence-electron chi connectivity index (χ4n) is 4.53. The maximum absolute atomic E-state index is 13.0. The van der Waals surface area contributed by atoms with Crippen molar-refractivity contribution in [3.63, 3.8) is 0 Å². The first-order chi connectivity index (χ1) is 14.3. The summed E-state index contributed by atoms with van der Waals surface area (Å²) in [5, 5.41) is 7.28. The summed E-state index contributed by atoms with van der Waals surface area (Å²) in [6.45, 7) is 0. The normalized spacial score (nSPS) is 13.1. The Hall–Kier alpha value is -3.19. The zero-order chi connectivity index (χ0) is 19.6.